The zero-order chi connectivity index (χ0) is 22.4. The summed E-state index contributed by atoms with van der Waals surface area (Å²) in [6.45, 7) is 1.09. The Bertz CT molecular complexity index is 1370. The van der Waals surface area contributed by atoms with E-state index < -0.39 is 0 Å². The first-order valence-electron chi connectivity index (χ1n) is 11.6. The summed E-state index contributed by atoms with van der Waals surface area (Å²) in [5.41, 5.74) is 2.92. The van der Waals surface area contributed by atoms with Gasteiger partial charge in [0.2, 0.25) is 5.91 Å². The fourth-order valence-electron chi connectivity index (χ4n) is 4.73. The molecule has 2 aliphatic rings. The Labute approximate surface area is 191 Å². The molecule has 166 valence electrons. The summed E-state index contributed by atoms with van der Waals surface area (Å²) in [5, 5.41) is 5.02. The lowest BCUT2D eigenvalue weighted by molar-refractivity contribution is -0.121. The molecule has 33 heavy (non-hydrogen) atoms. The summed E-state index contributed by atoms with van der Waals surface area (Å²) in [7, 11) is 0. The molecule has 3 aromatic carbocycles. The minimum Gasteiger partial charge on any atom is -0.440 e. The van der Waals surface area contributed by atoms with Crippen LogP contribution in [0.3, 0.4) is 0 Å². The monoisotopic (exact) mass is 439 g/mol. The summed E-state index contributed by atoms with van der Waals surface area (Å²) in [5.74, 6) is 0.926. The van der Waals surface area contributed by atoms with Gasteiger partial charge in [0.05, 0.1) is 5.92 Å². The minimum absolute atomic E-state index is 0.0130. The third-order valence-electron chi connectivity index (χ3n) is 6.70. The highest BCUT2D eigenvalue weighted by atomic mass is 16.3. The predicted molar refractivity (Wildman–Crippen MR) is 127 cm³/mol. The number of hydrogen-bond acceptors (Lipinski definition) is 4. The van der Waals surface area contributed by atoms with Gasteiger partial charge in [-0.25, -0.2) is 4.98 Å². The summed E-state index contributed by atoms with van der Waals surface area (Å²) in [6, 6.07) is 19.3. The molecule has 2 amide bonds. The molecule has 2 fully saturated rings. The van der Waals surface area contributed by atoms with E-state index in [-0.39, 0.29) is 17.7 Å². The number of carbonyl (C=O) groups excluding carboxylic acids is 2. The first kappa shape index (κ1) is 20.0. The first-order chi connectivity index (χ1) is 16.2. The molecule has 1 aromatic heterocycles. The van der Waals surface area contributed by atoms with Crippen molar-refractivity contribution in [3.05, 3.63) is 72.1 Å². The van der Waals surface area contributed by atoms with Crippen molar-refractivity contribution >= 4 is 39.4 Å². The van der Waals surface area contributed by atoms with Crippen molar-refractivity contribution in [2.45, 2.75) is 31.6 Å². The van der Waals surface area contributed by atoms with Crippen LogP contribution in [0, 0.1) is 5.92 Å². The van der Waals surface area contributed by atoms with Gasteiger partial charge < -0.3 is 14.6 Å². The maximum atomic E-state index is 13.3. The number of aromatic nitrogens is 1. The van der Waals surface area contributed by atoms with E-state index in [1.165, 1.54) is 0 Å². The van der Waals surface area contributed by atoms with Crippen LogP contribution in [0.25, 0.3) is 21.9 Å². The van der Waals surface area contributed by atoms with Gasteiger partial charge in [-0.05, 0) is 60.7 Å². The largest absolute Gasteiger partial charge is 0.440 e. The number of benzene rings is 3. The Morgan fingerprint density at radius 1 is 1.00 bits per heavy atom. The Balaban J connectivity index is 1.17. The first-order valence-corrected chi connectivity index (χ1v) is 11.6. The lowest BCUT2D eigenvalue weighted by atomic mass is 9.95. The number of anilines is 1. The van der Waals surface area contributed by atoms with Crippen LogP contribution in [0.5, 0.6) is 0 Å². The molecule has 1 saturated heterocycles. The third-order valence-corrected chi connectivity index (χ3v) is 6.70. The highest BCUT2D eigenvalue weighted by molar-refractivity contribution is 6.07. The van der Waals surface area contributed by atoms with Crippen LogP contribution in [0.1, 0.15) is 47.8 Å². The quantitative estimate of drug-likeness (QED) is 0.465. The van der Waals surface area contributed by atoms with E-state index in [1.54, 1.807) is 0 Å². The van der Waals surface area contributed by atoms with Gasteiger partial charge in [-0.2, -0.15) is 0 Å². The van der Waals surface area contributed by atoms with Crippen molar-refractivity contribution in [3.63, 3.8) is 0 Å². The van der Waals surface area contributed by atoms with Crippen LogP contribution >= 0.6 is 0 Å². The van der Waals surface area contributed by atoms with E-state index in [0.717, 1.165) is 53.4 Å². The number of oxazole rings is 1. The van der Waals surface area contributed by atoms with E-state index in [2.05, 4.69) is 10.3 Å². The zero-order valence-corrected chi connectivity index (χ0v) is 18.3. The van der Waals surface area contributed by atoms with Crippen LogP contribution in [0.2, 0.25) is 0 Å². The minimum atomic E-state index is -0.243. The SMILES string of the molecule is O=C(Nc1ccc2oc(C3CC3)nc2c1)C1CCCN(C(=O)c2cccc3ccccc23)C1. The Kier molecular flexibility index (Phi) is 4.86. The molecule has 1 aliphatic carbocycles. The second-order valence-corrected chi connectivity index (χ2v) is 9.12. The van der Waals surface area contributed by atoms with Gasteiger partial charge in [-0.15, -0.1) is 0 Å². The summed E-state index contributed by atoms with van der Waals surface area (Å²) >= 11 is 0. The average molecular weight is 440 g/mol. The molecule has 0 bridgehead atoms. The van der Waals surface area contributed by atoms with E-state index >= 15 is 0 Å². The lowest BCUT2D eigenvalue weighted by Gasteiger charge is -2.32. The molecule has 1 aliphatic heterocycles. The standard InChI is InChI=1S/C27H25N3O3/c31-25(28-20-12-13-24-23(15-20)29-26(33-24)18-10-11-18)19-7-4-14-30(16-19)27(32)22-9-3-6-17-5-1-2-8-21(17)22/h1-3,5-6,8-9,12-13,15,18-19H,4,7,10-11,14,16H2,(H,28,31). The summed E-state index contributed by atoms with van der Waals surface area (Å²) < 4.78 is 5.81. The lowest BCUT2D eigenvalue weighted by Crippen LogP contribution is -2.43. The molecule has 4 aromatic rings. The Morgan fingerprint density at radius 2 is 1.85 bits per heavy atom. The number of likely N-dealkylation sites (tertiary alicyclic amines) is 1. The van der Waals surface area contributed by atoms with Crippen molar-refractivity contribution in [1.29, 1.82) is 0 Å². The van der Waals surface area contributed by atoms with Gasteiger partial charge >= 0.3 is 0 Å². The number of carbonyl (C=O) groups is 2. The van der Waals surface area contributed by atoms with Gasteiger partial charge in [-0.3, -0.25) is 9.59 Å². The normalized spacial score (nSPS) is 18.5. The number of hydrogen-bond donors (Lipinski definition) is 1. The van der Waals surface area contributed by atoms with E-state index in [9.17, 15) is 9.59 Å². The van der Waals surface area contributed by atoms with Gasteiger partial charge in [0.15, 0.2) is 11.5 Å². The van der Waals surface area contributed by atoms with Gasteiger partial charge in [0, 0.05) is 30.3 Å². The Morgan fingerprint density at radius 3 is 2.73 bits per heavy atom. The van der Waals surface area contributed by atoms with E-state index in [4.69, 9.17) is 4.42 Å². The summed E-state index contributed by atoms with van der Waals surface area (Å²) in [4.78, 5) is 32.8. The number of rotatable bonds is 4. The number of nitrogens with zero attached hydrogens (tertiary/aromatic N) is 2. The van der Waals surface area contributed by atoms with Gasteiger partial charge in [-0.1, -0.05) is 36.4 Å². The Hall–Kier alpha value is -3.67. The second-order valence-electron chi connectivity index (χ2n) is 9.12. The zero-order valence-electron chi connectivity index (χ0n) is 18.3. The molecular weight excluding hydrogens is 414 g/mol. The van der Waals surface area contributed by atoms with E-state index in [0.29, 0.717) is 30.3 Å². The highest BCUT2D eigenvalue weighted by Crippen LogP contribution is 2.40. The highest BCUT2D eigenvalue weighted by Gasteiger charge is 2.30. The predicted octanol–water partition coefficient (Wildman–Crippen LogP) is 5.35. The van der Waals surface area contributed by atoms with Gasteiger partial charge in [0.1, 0.15) is 5.52 Å². The number of fused-ring (bicyclic) bond motifs is 2. The summed E-state index contributed by atoms with van der Waals surface area (Å²) in [6.07, 6.45) is 3.84. The van der Waals surface area contributed by atoms with Crippen LogP contribution in [0.4, 0.5) is 5.69 Å². The molecule has 1 atom stereocenters. The molecular formula is C27H25N3O3. The van der Waals surface area contributed by atoms with Crippen molar-refractivity contribution in [2.24, 2.45) is 5.92 Å². The molecule has 6 nitrogen and oxygen atoms in total. The maximum Gasteiger partial charge on any atom is 0.254 e. The van der Waals surface area contributed by atoms with Crippen molar-refractivity contribution < 1.29 is 14.0 Å². The number of nitrogens with one attached hydrogen (secondary N) is 1. The number of amides is 2. The molecule has 0 spiro atoms. The second kappa shape index (κ2) is 8.03. The van der Waals surface area contributed by atoms with Crippen molar-refractivity contribution in [2.75, 3.05) is 18.4 Å². The molecule has 6 heteroatoms. The van der Waals surface area contributed by atoms with Gasteiger partial charge in [0.25, 0.3) is 5.91 Å². The van der Waals surface area contributed by atoms with Crippen LogP contribution < -0.4 is 5.32 Å². The molecule has 2 heterocycles. The fourth-order valence-corrected chi connectivity index (χ4v) is 4.73. The topological polar surface area (TPSA) is 75.4 Å². The van der Waals surface area contributed by atoms with Crippen LogP contribution in [-0.2, 0) is 4.79 Å². The molecule has 1 unspecified atom stereocenters. The molecule has 1 N–H and O–H groups in total. The fraction of sp³-hybridized carbons (Fsp3) is 0.296. The smallest absolute Gasteiger partial charge is 0.254 e. The van der Waals surface area contributed by atoms with E-state index in [1.807, 2.05) is 65.6 Å². The van der Waals surface area contributed by atoms with Crippen LogP contribution in [0.15, 0.2) is 65.1 Å². The van der Waals surface area contributed by atoms with Crippen molar-refractivity contribution in [3.8, 4) is 0 Å². The van der Waals surface area contributed by atoms with Crippen LogP contribution in [-0.4, -0.2) is 34.8 Å². The molecule has 6 rings (SSSR count). The third kappa shape index (κ3) is 3.86. The average Bonchev–Trinajstić information content (AvgIpc) is 3.62. The van der Waals surface area contributed by atoms with Crippen molar-refractivity contribution in [1.82, 2.24) is 9.88 Å². The molecule has 1 saturated carbocycles. The molecule has 0 radical (unpaired) electrons. The number of piperidine rings is 1. The maximum absolute atomic E-state index is 13.3.